The molecule has 1 aromatic carbocycles. The standard InChI is InChI=1S/C17H26N2O2/c1-3-19-10-8-14(9-11-19)12-18-13-15-6-4-5-7-16(15)17(20)21-2/h4-7,14,18H,3,8-13H2,1-2H3. The second kappa shape index (κ2) is 8.15. The Kier molecular flexibility index (Phi) is 6.21. The van der Waals surface area contributed by atoms with Crippen LogP contribution in [-0.2, 0) is 11.3 Å². The van der Waals surface area contributed by atoms with Gasteiger partial charge in [0.1, 0.15) is 0 Å². The molecule has 0 aliphatic carbocycles. The SMILES string of the molecule is CCN1CCC(CNCc2ccccc2C(=O)OC)CC1. The quantitative estimate of drug-likeness (QED) is 0.816. The molecule has 1 aliphatic rings. The molecule has 4 nitrogen and oxygen atoms in total. The molecule has 1 aromatic rings. The van der Waals surface area contributed by atoms with Crippen molar-refractivity contribution in [1.82, 2.24) is 10.2 Å². The Labute approximate surface area is 127 Å². The van der Waals surface area contributed by atoms with Crippen LogP contribution in [0.25, 0.3) is 0 Å². The van der Waals surface area contributed by atoms with Gasteiger partial charge >= 0.3 is 5.97 Å². The highest BCUT2D eigenvalue weighted by atomic mass is 16.5. The summed E-state index contributed by atoms with van der Waals surface area (Å²) in [7, 11) is 1.42. The van der Waals surface area contributed by atoms with Crippen LogP contribution < -0.4 is 5.32 Å². The number of rotatable bonds is 6. The first-order chi connectivity index (χ1) is 10.2. The van der Waals surface area contributed by atoms with Crippen molar-refractivity contribution in [3.8, 4) is 0 Å². The number of likely N-dealkylation sites (tertiary alicyclic amines) is 1. The number of nitrogens with zero attached hydrogens (tertiary/aromatic N) is 1. The van der Waals surface area contributed by atoms with E-state index in [1.54, 1.807) is 0 Å². The third-order valence-electron chi connectivity index (χ3n) is 4.33. The van der Waals surface area contributed by atoms with Crippen LogP contribution in [0, 0.1) is 5.92 Å². The molecule has 1 N–H and O–H groups in total. The molecule has 21 heavy (non-hydrogen) atoms. The lowest BCUT2D eigenvalue weighted by Gasteiger charge is -2.31. The molecule has 2 rings (SSSR count). The molecule has 0 aromatic heterocycles. The summed E-state index contributed by atoms with van der Waals surface area (Å²) in [5.41, 5.74) is 1.67. The van der Waals surface area contributed by atoms with Crippen LogP contribution in [0.5, 0.6) is 0 Å². The average molecular weight is 290 g/mol. The maximum absolute atomic E-state index is 11.7. The molecule has 1 fully saturated rings. The topological polar surface area (TPSA) is 41.6 Å². The molecule has 1 heterocycles. The summed E-state index contributed by atoms with van der Waals surface area (Å²) in [6.07, 6.45) is 2.53. The van der Waals surface area contributed by atoms with Crippen LogP contribution in [0.1, 0.15) is 35.7 Å². The van der Waals surface area contributed by atoms with E-state index < -0.39 is 0 Å². The normalized spacial score (nSPS) is 16.9. The molecule has 0 spiro atoms. The molecule has 0 radical (unpaired) electrons. The van der Waals surface area contributed by atoms with E-state index in [4.69, 9.17) is 4.74 Å². The van der Waals surface area contributed by atoms with Crippen molar-refractivity contribution in [2.75, 3.05) is 33.3 Å². The van der Waals surface area contributed by atoms with Crippen molar-refractivity contribution in [3.63, 3.8) is 0 Å². The van der Waals surface area contributed by atoms with Gasteiger partial charge in [0.05, 0.1) is 12.7 Å². The Hall–Kier alpha value is -1.39. The van der Waals surface area contributed by atoms with Crippen molar-refractivity contribution in [1.29, 1.82) is 0 Å². The van der Waals surface area contributed by atoms with Gasteiger partial charge in [-0.15, -0.1) is 0 Å². The van der Waals surface area contributed by atoms with Crippen LogP contribution in [0.15, 0.2) is 24.3 Å². The summed E-state index contributed by atoms with van der Waals surface area (Å²) < 4.78 is 4.83. The van der Waals surface area contributed by atoms with Crippen molar-refractivity contribution in [2.24, 2.45) is 5.92 Å². The predicted octanol–water partition coefficient (Wildman–Crippen LogP) is 2.29. The monoisotopic (exact) mass is 290 g/mol. The Balaban J connectivity index is 1.80. The zero-order valence-corrected chi connectivity index (χ0v) is 13.1. The third kappa shape index (κ3) is 4.55. The first-order valence-corrected chi connectivity index (χ1v) is 7.84. The lowest BCUT2D eigenvalue weighted by Crippen LogP contribution is -2.37. The van der Waals surface area contributed by atoms with Crippen molar-refractivity contribution < 1.29 is 9.53 Å². The van der Waals surface area contributed by atoms with Crippen molar-refractivity contribution in [2.45, 2.75) is 26.3 Å². The minimum atomic E-state index is -0.261. The maximum Gasteiger partial charge on any atom is 0.338 e. The second-order valence-corrected chi connectivity index (χ2v) is 5.66. The van der Waals surface area contributed by atoms with E-state index in [1.165, 1.54) is 33.0 Å². The number of ether oxygens (including phenoxy) is 1. The number of hydrogen-bond acceptors (Lipinski definition) is 4. The number of carbonyl (C=O) groups is 1. The van der Waals surface area contributed by atoms with Gasteiger partial charge in [-0.25, -0.2) is 4.79 Å². The molecule has 1 saturated heterocycles. The Bertz CT molecular complexity index is 454. The molecular formula is C17H26N2O2. The lowest BCUT2D eigenvalue weighted by atomic mass is 9.96. The number of carbonyl (C=O) groups excluding carboxylic acids is 1. The van der Waals surface area contributed by atoms with Gasteiger partial charge in [-0.05, 0) is 56.6 Å². The van der Waals surface area contributed by atoms with Crippen LogP contribution in [0.2, 0.25) is 0 Å². The lowest BCUT2D eigenvalue weighted by molar-refractivity contribution is 0.0599. The molecule has 0 bridgehead atoms. The third-order valence-corrected chi connectivity index (χ3v) is 4.33. The summed E-state index contributed by atoms with van der Waals surface area (Å²) in [5, 5.41) is 3.50. The summed E-state index contributed by atoms with van der Waals surface area (Å²) in [5.74, 6) is 0.488. The number of benzene rings is 1. The van der Waals surface area contributed by atoms with Gasteiger partial charge in [-0.1, -0.05) is 25.1 Å². The highest BCUT2D eigenvalue weighted by Gasteiger charge is 2.18. The maximum atomic E-state index is 11.7. The molecule has 116 valence electrons. The first-order valence-electron chi connectivity index (χ1n) is 7.84. The Morgan fingerprint density at radius 3 is 2.71 bits per heavy atom. The van der Waals surface area contributed by atoms with E-state index in [1.807, 2.05) is 24.3 Å². The fraction of sp³-hybridized carbons (Fsp3) is 0.588. The van der Waals surface area contributed by atoms with Gasteiger partial charge in [0, 0.05) is 6.54 Å². The van der Waals surface area contributed by atoms with E-state index >= 15 is 0 Å². The number of nitrogens with one attached hydrogen (secondary N) is 1. The zero-order chi connectivity index (χ0) is 15.1. The molecule has 0 unspecified atom stereocenters. The van der Waals surface area contributed by atoms with E-state index in [0.29, 0.717) is 5.56 Å². The molecule has 0 saturated carbocycles. The van der Waals surface area contributed by atoms with E-state index in [0.717, 1.165) is 31.1 Å². The number of hydrogen-bond donors (Lipinski definition) is 1. The average Bonchev–Trinajstić information content (AvgIpc) is 2.55. The number of piperidine rings is 1. The van der Waals surface area contributed by atoms with Crippen molar-refractivity contribution in [3.05, 3.63) is 35.4 Å². The second-order valence-electron chi connectivity index (χ2n) is 5.66. The van der Waals surface area contributed by atoms with Crippen LogP contribution in [0.3, 0.4) is 0 Å². The Morgan fingerprint density at radius 1 is 1.33 bits per heavy atom. The minimum absolute atomic E-state index is 0.261. The predicted molar refractivity (Wildman–Crippen MR) is 84.3 cm³/mol. The van der Waals surface area contributed by atoms with Gasteiger partial charge in [-0.3, -0.25) is 0 Å². The molecular weight excluding hydrogens is 264 g/mol. The molecule has 4 heteroatoms. The largest absolute Gasteiger partial charge is 0.465 e. The first kappa shape index (κ1) is 16.0. The summed E-state index contributed by atoms with van der Waals surface area (Å²) in [6, 6.07) is 7.64. The van der Waals surface area contributed by atoms with Gasteiger partial charge in [-0.2, -0.15) is 0 Å². The highest BCUT2D eigenvalue weighted by Crippen LogP contribution is 2.16. The smallest absolute Gasteiger partial charge is 0.338 e. The molecule has 0 atom stereocenters. The molecule has 0 amide bonds. The van der Waals surface area contributed by atoms with E-state index in [-0.39, 0.29) is 5.97 Å². The zero-order valence-electron chi connectivity index (χ0n) is 13.1. The van der Waals surface area contributed by atoms with Gasteiger partial charge < -0.3 is 15.0 Å². The summed E-state index contributed by atoms with van der Waals surface area (Å²) in [4.78, 5) is 14.2. The van der Waals surface area contributed by atoms with Crippen LogP contribution >= 0.6 is 0 Å². The summed E-state index contributed by atoms with van der Waals surface area (Å²) >= 11 is 0. The van der Waals surface area contributed by atoms with Crippen LogP contribution in [-0.4, -0.2) is 44.2 Å². The van der Waals surface area contributed by atoms with Gasteiger partial charge in [0.15, 0.2) is 0 Å². The number of methoxy groups -OCH3 is 1. The fourth-order valence-corrected chi connectivity index (χ4v) is 2.90. The fourth-order valence-electron chi connectivity index (χ4n) is 2.90. The highest BCUT2D eigenvalue weighted by molar-refractivity contribution is 5.90. The van der Waals surface area contributed by atoms with E-state index in [2.05, 4.69) is 17.1 Å². The minimum Gasteiger partial charge on any atom is -0.465 e. The van der Waals surface area contributed by atoms with Crippen LogP contribution in [0.4, 0.5) is 0 Å². The Morgan fingerprint density at radius 2 is 2.05 bits per heavy atom. The van der Waals surface area contributed by atoms with Gasteiger partial charge in [0.25, 0.3) is 0 Å². The molecule has 1 aliphatic heterocycles. The van der Waals surface area contributed by atoms with Gasteiger partial charge in [0.2, 0.25) is 0 Å². The number of esters is 1. The van der Waals surface area contributed by atoms with Crippen molar-refractivity contribution >= 4 is 5.97 Å². The summed E-state index contributed by atoms with van der Waals surface area (Å²) in [6.45, 7) is 7.55. The van der Waals surface area contributed by atoms with E-state index in [9.17, 15) is 4.79 Å².